The molecule has 5 rings (SSSR count). The Hall–Kier alpha value is -3.66. The Bertz CT molecular complexity index is 1130. The lowest BCUT2D eigenvalue weighted by atomic mass is 9.99. The summed E-state index contributed by atoms with van der Waals surface area (Å²) in [6.07, 6.45) is 0.795. The maximum Gasteiger partial charge on any atom is 0.254 e. The summed E-state index contributed by atoms with van der Waals surface area (Å²) in [6.45, 7) is 1.28. The number of nitrogens with zero attached hydrogens (tertiary/aromatic N) is 2. The fraction of sp³-hybridized carbons (Fsp3) is 0.120. The van der Waals surface area contributed by atoms with Gasteiger partial charge in [0.1, 0.15) is 0 Å². The lowest BCUT2D eigenvalue weighted by Gasteiger charge is -2.27. The van der Waals surface area contributed by atoms with E-state index in [1.807, 2.05) is 65.6 Å². The minimum Gasteiger partial charge on any atom is -0.334 e. The molecule has 3 aromatic carbocycles. The molecule has 1 aromatic heterocycles. The van der Waals surface area contributed by atoms with Crippen LogP contribution in [0.15, 0.2) is 84.9 Å². The summed E-state index contributed by atoms with van der Waals surface area (Å²) in [5, 5.41) is 7.68. The Labute approximate surface area is 169 Å². The first-order valence-electron chi connectivity index (χ1n) is 9.86. The van der Waals surface area contributed by atoms with E-state index in [2.05, 4.69) is 34.5 Å². The normalized spacial score (nSPS) is 13.2. The van der Waals surface area contributed by atoms with Crippen LogP contribution in [0.5, 0.6) is 0 Å². The van der Waals surface area contributed by atoms with Crippen molar-refractivity contribution in [3.63, 3.8) is 0 Å². The highest BCUT2D eigenvalue weighted by molar-refractivity contribution is 5.95. The largest absolute Gasteiger partial charge is 0.334 e. The number of carbonyl (C=O) groups excluding carboxylic acids is 1. The van der Waals surface area contributed by atoms with Gasteiger partial charge in [-0.05, 0) is 23.3 Å². The maximum atomic E-state index is 13.1. The molecule has 0 saturated carbocycles. The summed E-state index contributed by atoms with van der Waals surface area (Å²) in [6, 6.07) is 28.2. The lowest BCUT2D eigenvalue weighted by Crippen LogP contribution is -2.35. The molecule has 1 amide bonds. The molecule has 0 radical (unpaired) electrons. The fourth-order valence-corrected chi connectivity index (χ4v) is 3.92. The monoisotopic (exact) mass is 379 g/mol. The molecule has 0 bridgehead atoms. The van der Waals surface area contributed by atoms with Gasteiger partial charge in [-0.3, -0.25) is 9.89 Å². The molecular weight excluding hydrogens is 358 g/mol. The summed E-state index contributed by atoms with van der Waals surface area (Å²) in [7, 11) is 0. The molecule has 0 saturated heterocycles. The van der Waals surface area contributed by atoms with E-state index in [0.717, 1.165) is 45.6 Å². The van der Waals surface area contributed by atoms with Crippen molar-refractivity contribution in [2.45, 2.75) is 13.0 Å². The van der Waals surface area contributed by atoms with Crippen LogP contribution >= 0.6 is 0 Å². The van der Waals surface area contributed by atoms with Gasteiger partial charge in [0.15, 0.2) is 0 Å². The SMILES string of the molecule is O=C(c1ccc(-c2ccccc2)cc1)N1CCc2[nH]nc(-c3ccccc3)c2C1. The molecule has 1 aliphatic heterocycles. The molecule has 0 unspecified atom stereocenters. The molecular formula is C25H21N3O. The Morgan fingerprint density at radius 3 is 2.10 bits per heavy atom. The van der Waals surface area contributed by atoms with E-state index in [9.17, 15) is 4.79 Å². The predicted molar refractivity (Wildman–Crippen MR) is 114 cm³/mol. The van der Waals surface area contributed by atoms with Crippen molar-refractivity contribution in [1.82, 2.24) is 15.1 Å². The maximum absolute atomic E-state index is 13.1. The van der Waals surface area contributed by atoms with Crippen LogP contribution in [0.4, 0.5) is 0 Å². The van der Waals surface area contributed by atoms with Crippen molar-refractivity contribution in [3.05, 3.63) is 102 Å². The number of hydrogen-bond donors (Lipinski definition) is 1. The standard InChI is InChI=1S/C25H21N3O/c29-25(21-13-11-19(12-14-21)18-7-3-1-4-8-18)28-16-15-23-22(17-28)24(27-26-23)20-9-5-2-6-10-20/h1-14H,15-17H2,(H,26,27). The number of H-pyrrole nitrogens is 1. The Kier molecular flexibility index (Phi) is 4.45. The zero-order valence-corrected chi connectivity index (χ0v) is 16.0. The number of amides is 1. The van der Waals surface area contributed by atoms with Crippen LogP contribution in [-0.4, -0.2) is 27.5 Å². The third kappa shape index (κ3) is 3.34. The number of carbonyl (C=O) groups is 1. The van der Waals surface area contributed by atoms with Crippen LogP contribution in [0.1, 0.15) is 21.6 Å². The van der Waals surface area contributed by atoms with Crippen molar-refractivity contribution in [2.75, 3.05) is 6.54 Å². The smallest absolute Gasteiger partial charge is 0.254 e. The number of benzene rings is 3. The predicted octanol–water partition coefficient (Wildman–Crippen LogP) is 4.94. The summed E-state index contributed by atoms with van der Waals surface area (Å²) in [5.74, 6) is 0.0653. The summed E-state index contributed by atoms with van der Waals surface area (Å²) >= 11 is 0. The molecule has 1 aliphatic rings. The van der Waals surface area contributed by atoms with E-state index in [-0.39, 0.29) is 5.91 Å². The van der Waals surface area contributed by atoms with Crippen LogP contribution in [0.25, 0.3) is 22.4 Å². The summed E-state index contributed by atoms with van der Waals surface area (Å²) < 4.78 is 0. The van der Waals surface area contributed by atoms with Crippen LogP contribution in [0.2, 0.25) is 0 Å². The first-order chi connectivity index (χ1) is 14.3. The number of nitrogens with one attached hydrogen (secondary N) is 1. The second-order valence-corrected chi connectivity index (χ2v) is 7.32. The third-order valence-electron chi connectivity index (χ3n) is 5.51. The fourth-order valence-electron chi connectivity index (χ4n) is 3.92. The van der Waals surface area contributed by atoms with Crippen LogP contribution in [0, 0.1) is 0 Å². The van der Waals surface area contributed by atoms with Crippen molar-refractivity contribution in [3.8, 4) is 22.4 Å². The van der Waals surface area contributed by atoms with Gasteiger partial charge in [0, 0.05) is 41.9 Å². The van der Waals surface area contributed by atoms with Gasteiger partial charge in [-0.1, -0.05) is 72.8 Å². The molecule has 2 heterocycles. The van der Waals surface area contributed by atoms with Crippen molar-refractivity contribution in [1.29, 1.82) is 0 Å². The van der Waals surface area contributed by atoms with Crippen molar-refractivity contribution >= 4 is 5.91 Å². The number of aromatic amines is 1. The quantitative estimate of drug-likeness (QED) is 0.548. The molecule has 0 spiro atoms. The first-order valence-corrected chi connectivity index (χ1v) is 9.86. The van der Waals surface area contributed by atoms with Crippen LogP contribution in [-0.2, 0) is 13.0 Å². The van der Waals surface area contributed by atoms with Gasteiger partial charge in [0.25, 0.3) is 5.91 Å². The molecule has 4 nitrogen and oxygen atoms in total. The summed E-state index contributed by atoms with van der Waals surface area (Å²) in [5.41, 5.74) is 7.26. The van der Waals surface area contributed by atoms with Crippen molar-refractivity contribution < 1.29 is 4.79 Å². The number of hydrogen-bond acceptors (Lipinski definition) is 2. The highest BCUT2D eigenvalue weighted by Gasteiger charge is 2.26. The second kappa shape index (κ2) is 7.40. The average molecular weight is 379 g/mol. The highest BCUT2D eigenvalue weighted by Crippen LogP contribution is 2.29. The van der Waals surface area contributed by atoms with E-state index in [1.54, 1.807) is 0 Å². The van der Waals surface area contributed by atoms with E-state index >= 15 is 0 Å². The third-order valence-corrected chi connectivity index (χ3v) is 5.51. The average Bonchev–Trinajstić information content (AvgIpc) is 3.23. The Balaban J connectivity index is 1.38. The lowest BCUT2D eigenvalue weighted by molar-refractivity contribution is 0.0734. The first kappa shape index (κ1) is 17.4. The minimum absolute atomic E-state index is 0.0653. The van der Waals surface area contributed by atoms with Crippen molar-refractivity contribution in [2.24, 2.45) is 0 Å². The van der Waals surface area contributed by atoms with Crippen LogP contribution < -0.4 is 0 Å². The molecule has 29 heavy (non-hydrogen) atoms. The van der Waals surface area contributed by atoms with Gasteiger partial charge in [-0.2, -0.15) is 5.10 Å². The van der Waals surface area contributed by atoms with Gasteiger partial charge in [-0.25, -0.2) is 0 Å². The van der Waals surface area contributed by atoms with Gasteiger partial charge < -0.3 is 4.90 Å². The number of rotatable bonds is 3. The topological polar surface area (TPSA) is 49.0 Å². The van der Waals surface area contributed by atoms with Gasteiger partial charge in [0.05, 0.1) is 5.69 Å². The number of fused-ring (bicyclic) bond motifs is 1. The molecule has 0 aliphatic carbocycles. The molecule has 0 atom stereocenters. The number of aromatic nitrogens is 2. The Morgan fingerprint density at radius 2 is 1.41 bits per heavy atom. The van der Waals surface area contributed by atoms with E-state index < -0.39 is 0 Å². The van der Waals surface area contributed by atoms with Gasteiger partial charge in [-0.15, -0.1) is 0 Å². The van der Waals surface area contributed by atoms with E-state index in [1.165, 1.54) is 0 Å². The second-order valence-electron chi connectivity index (χ2n) is 7.32. The zero-order chi connectivity index (χ0) is 19.6. The molecule has 0 fully saturated rings. The minimum atomic E-state index is 0.0653. The Morgan fingerprint density at radius 1 is 0.793 bits per heavy atom. The van der Waals surface area contributed by atoms with Gasteiger partial charge >= 0.3 is 0 Å². The molecule has 4 heteroatoms. The summed E-state index contributed by atoms with van der Waals surface area (Å²) in [4.78, 5) is 15.0. The van der Waals surface area contributed by atoms with E-state index in [0.29, 0.717) is 13.1 Å². The molecule has 1 N–H and O–H groups in total. The van der Waals surface area contributed by atoms with Gasteiger partial charge in [0.2, 0.25) is 0 Å². The molecule has 142 valence electrons. The molecule has 4 aromatic rings. The van der Waals surface area contributed by atoms with E-state index in [4.69, 9.17) is 0 Å². The zero-order valence-electron chi connectivity index (χ0n) is 16.0. The highest BCUT2D eigenvalue weighted by atomic mass is 16.2. The van der Waals surface area contributed by atoms with Crippen LogP contribution in [0.3, 0.4) is 0 Å².